The van der Waals surface area contributed by atoms with Crippen molar-refractivity contribution in [3.63, 3.8) is 0 Å². The second-order valence-corrected chi connectivity index (χ2v) is 5.61. The van der Waals surface area contributed by atoms with Crippen molar-refractivity contribution in [3.05, 3.63) is 34.9 Å². The van der Waals surface area contributed by atoms with Crippen LogP contribution in [-0.2, 0) is 9.47 Å². The molecule has 0 aliphatic carbocycles. The van der Waals surface area contributed by atoms with Crippen molar-refractivity contribution in [3.8, 4) is 0 Å². The summed E-state index contributed by atoms with van der Waals surface area (Å²) in [6.45, 7) is 5.38. The van der Waals surface area contributed by atoms with E-state index in [1.807, 2.05) is 24.3 Å². The van der Waals surface area contributed by atoms with Crippen LogP contribution in [-0.4, -0.2) is 32.4 Å². The van der Waals surface area contributed by atoms with Gasteiger partial charge in [0.05, 0.1) is 18.8 Å². The Hall–Kier alpha value is -0.610. The Bertz CT molecular complexity index is 377. The number of rotatable bonds is 7. The van der Waals surface area contributed by atoms with Crippen LogP contribution in [0, 0.1) is 0 Å². The maximum Gasteiger partial charge on any atom is 0.0950 e. The number of hydrogen-bond donors (Lipinski definition) is 1. The second-order valence-electron chi connectivity index (χ2n) is 5.17. The van der Waals surface area contributed by atoms with E-state index in [2.05, 4.69) is 12.2 Å². The van der Waals surface area contributed by atoms with Crippen LogP contribution >= 0.6 is 11.6 Å². The highest BCUT2D eigenvalue weighted by atomic mass is 35.5. The van der Waals surface area contributed by atoms with Crippen molar-refractivity contribution in [2.75, 3.05) is 26.3 Å². The minimum Gasteiger partial charge on any atom is -0.376 e. The molecule has 0 aromatic heterocycles. The monoisotopic (exact) mass is 297 g/mol. The van der Waals surface area contributed by atoms with Crippen molar-refractivity contribution in [2.24, 2.45) is 0 Å². The van der Waals surface area contributed by atoms with Gasteiger partial charge < -0.3 is 14.8 Å². The zero-order valence-electron chi connectivity index (χ0n) is 12.1. The van der Waals surface area contributed by atoms with E-state index in [-0.39, 0.29) is 12.2 Å². The standard InChI is InChI=1S/C16H24ClNO2/c1-2-18-11-16(13-6-8-14(17)9-7-13)20-12-15-5-3-4-10-19-15/h6-9,15-16,18H,2-5,10-12H2,1H3. The first-order valence-corrected chi connectivity index (χ1v) is 7.86. The highest BCUT2D eigenvalue weighted by Crippen LogP contribution is 2.21. The molecule has 1 fully saturated rings. The maximum atomic E-state index is 6.08. The van der Waals surface area contributed by atoms with Crippen LogP contribution in [0.2, 0.25) is 5.02 Å². The van der Waals surface area contributed by atoms with Crippen molar-refractivity contribution >= 4 is 11.6 Å². The topological polar surface area (TPSA) is 30.5 Å². The lowest BCUT2D eigenvalue weighted by atomic mass is 10.1. The molecule has 20 heavy (non-hydrogen) atoms. The minimum atomic E-state index is 0.0535. The molecular weight excluding hydrogens is 274 g/mol. The van der Waals surface area contributed by atoms with E-state index in [0.717, 1.165) is 36.7 Å². The molecule has 3 nitrogen and oxygen atoms in total. The van der Waals surface area contributed by atoms with E-state index < -0.39 is 0 Å². The molecule has 0 saturated carbocycles. The second kappa shape index (κ2) is 8.63. The summed E-state index contributed by atoms with van der Waals surface area (Å²) >= 11 is 5.94. The molecule has 1 aliphatic rings. The van der Waals surface area contributed by atoms with Crippen LogP contribution in [0.25, 0.3) is 0 Å². The van der Waals surface area contributed by atoms with Crippen LogP contribution in [0.5, 0.6) is 0 Å². The molecular formula is C16H24ClNO2. The molecule has 1 aliphatic heterocycles. The van der Waals surface area contributed by atoms with Gasteiger partial charge in [0, 0.05) is 18.2 Å². The molecule has 0 spiro atoms. The first kappa shape index (κ1) is 15.8. The summed E-state index contributed by atoms with van der Waals surface area (Å²) in [5.74, 6) is 0. The average Bonchev–Trinajstić information content (AvgIpc) is 2.50. The summed E-state index contributed by atoms with van der Waals surface area (Å²) in [5.41, 5.74) is 1.16. The van der Waals surface area contributed by atoms with Crippen LogP contribution in [0.4, 0.5) is 0 Å². The van der Waals surface area contributed by atoms with Gasteiger partial charge >= 0.3 is 0 Å². The van der Waals surface area contributed by atoms with Gasteiger partial charge in [-0.3, -0.25) is 0 Å². The Morgan fingerprint density at radius 2 is 2.15 bits per heavy atom. The number of hydrogen-bond acceptors (Lipinski definition) is 3. The molecule has 0 radical (unpaired) electrons. The number of ether oxygens (including phenoxy) is 2. The Morgan fingerprint density at radius 1 is 1.35 bits per heavy atom. The number of halogens is 1. The fourth-order valence-electron chi connectivity index (χ4n) is 2.39. The van der Waals surface area contributed by atoms with E-state index in [4.69, 9.17) is 21.1 Å². The fourth-order valence-corrected chi connectivity index (χ4v) is 2.51. The summed E-state index contributed by atoms with van der Waals surface area (Å²) in [4.78, 5) is 0. The quantitative estimate of drug-likeness (QED) is 0.834. The van der Waals surface area contributed by atoms with Crippen LogP contribution in [0.1, 0.15) is 37.9 Å². The normalized spacial score (nSPS) is 20.8. The fraction of sp³-hybridized carbons (Fsp3) is 0.625. The maximum absolute atomic E-state index is 6.08. The highest BCUT2D eigenvalue weighted by molar-refractivity contribution is 6.30. The third kappa shape index (κ3) is 5.06. The van der Waals surface area contributed by atoms with Crippen molar-refractivity contribution in [2.45, 2.75) is 38.4 Å². The lowest BCUT2D eigenvalue weighted by Crippen LogP contribution is -2.29. The smallest absolute Gasteiger partial charge is 0.0950 e. The third-order valence-electron chi connectivity index (χ3n) is 3.58. The summed E-state index contributed by atoms with van der Waals surface area (Å²) in [7, 11) is 0. The highest BCUT2D eigenvalue weighted by Gasteiger charge is 2.18. The molecule has 112 valence electrons. The summed E-state index contributed by atoms with van der Waals surface area (Å²) in [6.07, 6.45) is 3.83. The number of benzene rings is 1. The van der Waals surface area contributed by atoms with E-state index in [9.17, 15) is 0 Å². The van der Waals surface area contributed by atoms with Crippen LogP contribution in [0.3, 0.4) is 0 Å². The Morgan fingerprint density at radius 3 is 2.80 bits per heavy atom. The first-order valence-electron chi connectivity index (χ1n) is 7.49. The van der Waals surface area contributed by atoms with Gasteiger partial charge in [-0.15, -0.1) is 0 Å². The van der Waals surface area contributed by atoms with Crippen molar-refractivity contribution < 1.29 is 9.47 Å². The van der Waals surface area contributed by atoms with Crippen LogP contribution in [0.15, 0.2) is 24.3 Å². The minimum absolute atomic E-state index is 0.0535. The molecule has 2 unspecified atom stereocenters. The summed E-state index contributed by atoms with van der Waals surface area (Å²) in [5, 5.41) is 4.11. The molecule has 0 bridgehead atoms. The lowest BCUT2D eigenvalue weighted by Gasteiger charge is -2.26. The zero-order valence-corrected chi connectivity index (χ0v) is 12.9. The SMILES string of the molecule is CCNCC(OCC1CCCCO1)c1ccc(Cl)cc1. The molecule has 1 aromatic rings. The van der Waals surface area contributed by atoms with E-state index in [1.165, 1.54) is 12.8 Å². The Labute approximate surface area is 126 Å². The van der Waals surface area contributed by atoms with E-state index in [1.54, 1.807) is 0 Å². The van der Waals surface area contributed by atoms with Gasteiger partial charge in [-0.05, 0) is 43.5 Å². The van der Waals surface area contributed by atoms with Gasteiger partial charge in [0.2, 0.25) is 0 Å². The predicted molar refractivity (Wildman–Crippen MR) is 82.3 cm³/mol. The molecule has 0 amide bonds. The summed E-state index contributed by atoms with van der Waals surface area (Å²) in [6, 6.07) is 7.89. The van der Waals surface area contributed by atoms with Gasteiger partial charge in [0.1, 0.15) is 0 Å². The van der Waals surface area contributed by atoms with Gasteiger partial charge in [0.15, 0.2) is 0 Å². The molecule has 1 aromatic carbocycles. The van der Waals surface area contributed by atoms with Gasteiger partial charge in [-0.1, -0.05) is 30.7 Å². The lowest BCUT2D eigenvalue weighted by molar-refractivity contribution is -0.0632. The third-order valence-corrected chi connectivity index (χ3v) is 3.83. The van der Waals surface area contributed by atoms with Gasteiger partial charge in [-0.2, -0.15) is 0 Å². The number of likely N-dealkylation sites (N-methyl/N-ethyl adjacent to an activating group) is 1. The molecule has 1 heterocycles. The van der Waals surface area contributed by atoms with E-state index >= 15 is 0 Å². The average molecular weight is 298 g/mol. The Kier molecular flexibility index (Phi) is 6.80. The Balaban J connectivity index is 1.90. The molecule has 1 N–H and O–H groups in total. The zero-order chi connectivity index (χ0) is 14.2. The van der Waals surface area contributed by atoms with E-state index in [0.29, 0.717) is 6.61 Å². The first-order chi connectivity index (χ1) is 9.79. The van der Waals surface area contributed by atoms with Gasteiger partial charge in [0.25, 0.3) is 0 Å². The molecule has 4 heteroatoms. The van der Waals surface area contributed by atoms with Gasteiger partial charge in [-0.25, -0.2) is 0 Å². The van der Waals surface area contributed by atoms with Crippen molar-refractivity contribution in [1.29, 1.82) is 0 Å². The van der Waals surface area contributed by atoms with Crippen LogP contribution < -0.4 is 5.32 Å². The predicted octanol–water partition coefficient (Wildman–Crippen LogP) is 3.58. The molecule has 2 atom stereocenters. The molecule has 1 saturated heterocycles. The van der Waals surface area contributed by atoms with Crippen molar-refractivity contribution in [1.82, 2.24) is 5.32 Å². The summed E-state index contributed by atoms with van der Waals surface area (Å²) < 4.78 is 11.8. The largest absolute Gasteiger partial charge is 0.376 e. The molecule has 2 rings (SSSR count). The number of nitrogens with one attached hydrogen (secondary N) is 1.